The van der Waals surface area contributed by atoms with Crippen molar-refractivity contribution < 1.29 is 18.7 Å². The summed E-state index contributed by atoms with van der Waals surface area (Å²) in [6.45, 7) is 1.77. The van der Waals surface area contributed by atoms with Crippen LogP contribution in [0.2, 0.25) is 0 Å². The number of ether oxygens (including phenoxy) is 2. The van der Waals surface area contributed by atoms with E-state index in [9.17, 15) is 14.4 Å². The molecular formula is C21H16BrFN2O3. The van der Waals surface area contributed by atoms with Crippen molar-refractivity contribution in [2.24, 2.45) is 5.73 Å². The molecule has 0 fully saturated rings. The Hall–Kier alpha value is -3.11. The zero-order chi connectivity index (χ0) is 20.3. The average molecular weight is 443 g/mol. The highest BCUT2D eigenvalue weighted by Gasteiger charge is 2.39. The van der Waals surface area contributed by atoms with Gasteiger partial charge in [-0.05, 0) is 19.1 Å². The molecule has 0 amide bonds. The highest BCUT2D eigenvalue weighted by Crippen LogP contribution is 2.43. The molecule has 3 rings (SSSR count). The molecule has 28 heavy (non-hydrogen) atoms. The fourth-order valence-corrected chi connectivity index (χ4v) is 3.36. The van der Waals surface area contributed by atoms with Crippen LogP contribution in [-0.2, 0) is 14.3 Å². The zero-order valence-corrected chi connectivity index (χ0v) is 16.5. The minimum absolute atomic E-state index is 0.0278. The number of nitrogens with two attached hydrogens (primary N) is 1. The second kappa shape index (κ2) is 8.28. The first-order valence-corrected chi connectivity index (χ1v) is 9.26. The number of hydrogen-bond acceptors (Lipinski definition) is 5. The fraction of sp³-hybridized carbons (Fsp3) is 0.143. The minimum atomic E-state index is -1.05. The maximum absolute atomic E-state index is 14.8. The molecule has 0 bridgehead atoms. The zero-order valence-electron chi connectivity index (χ0n) is 14.9. The van der Waals surface area contributed by atoms with Gasteiger partial charge in [0.1, 0.15) is 23.2 Å². The molecule has 2 aromatic carbocycles. The molecule has 2 N–H and O–H groups in total. The number of halogens is 2. The first-order valence-electron chi connectivity index (χ1n) is 8.47. The van der Waals surface area contributed by atoms with Crippen LogP contribution in [-0.4, -0.2) is 12.6 Å². The van der Waals surface area contributed by atoms with Gasteiger partial charge in [-0.1, -0.05) is 52.3 Å². The molecular weight excluding hydrogens is 427 g/mol. The van der Waals surface area contributed by atoms with Gasteiger partial charge in [0.25, 0.3) is 0 Å². The van der Waals surface area contributed by atoms with E-state index in [0.717, 1.165) is 0 Å². The number of nitrogens with zero attached hydrogens (tertiary/aromatic N) is 1. The predicted octanol–water partition coefficient (Wildman–Crippen LogP) is 4.37. The van der Waals surface area contributed by atoms with Crippen molar-refractivity contribution in [3.63, 3.8) is 0 Å². The molecule has 2 aromatic rings. The predicted molar refractivity (Wildman–Crippen MR) is 105 cm³/mol. The normalized spacial score (nSPS) is 16.4. The number of carbonyl (C=O) groups excluding carboxylic acids is 1. The maximum atomic E-state index is 14.8. The van der Waals surface area contributed by atoms with Crippen LogP contribution in [0.3, 0.4) is 0 Å². The summed E-state index contributed by atoms with van der Waals surface area (Å²) < 4.78 is 26.2. The molecule has 0 saturated carbocycles. The van der Waals surface area contributed by atoms with E-state index < -0.39 is 17.7 Å². The SMILES string of the molecule is CCOC(=O)C1=C(c2ccccc2)OC(N)=C(C#N)[C@@H]1c1ccc(Br)cc1F. The highest BCUT2D eigenvalue weighted by atomic mass is 79.9. The van der Waals surface area contributed by atoms with Gasteiger partial charge in [0, 0.05) is 15.6 Å². The lowest BCUT2D eigenvalue weighted by Crippen LogP contribution is -2.26. The topological polar surface area (TPSA) is 85.3 Å². The van der Waals surface area contributed by atoms with Gasteiger partial charge in [-0.3, -0.25) is 0 Å². The van der Waals surface area contributed by atoms with Crippen LogP contribution in [0.4, 0.5) is 4.39 Å². The Kier molecular flexibility index (Phi) is 5.81. The van der Waals surface area contributed by atoms with Crippen LogP contribution in [0.25, 0.3) is 5.76 Å². The van der Waals surface area contributed by atoms with E-state index in [1.807, 2.05) is 12.1 Å². The number of allylic oxidation sites excluding steroid dienone is 1. The molecule has 7 heteroatoms. The van der Waals surface area contributed by atoms with Gasteiger partial charge in [0.05, 0.1) is 18.1 Å². The summed E-state index contributed by atoms with van der Waals surface area (Å²) >= 11 is 3.21. The monoisotopic (exact) mass is 442 g/mol. The van der Waals surface area contributed by atoms with Gasteiger partial charge in [-0.2, -0.15) is 5.26 Å². The summed E-state index contributed by atoms with van der Waals surface area (Å²) in [4.78, 5) is 12.8. The van der Waals surface area contributed by atoms with Crippen LogP contribution in [0.5, 0.6) is 0 Å². The third-order valence-corrected chi connectivity index (χ3v) is 4.72. The Balaban J connectivity index is 2.31. The Bertz CT molecular complexity index is 1030. The molecule has 0 aromatic heterocycles. The number of hydrogen-bond donors (Lipinski definition) is 1. The maximum Gasteiger partial charge on any atom is 0.338 e. The smallest absolute Gasteiger partial charge is 0.338 e. The third kappa shape index (κ3) is 3.64. The molecule has 1 aliphatic heterocycles. The fourth-order valence-electron chi connectivity index (χ4n) is 3.03. The van der Waals surface area contributed by atoms with Crippen LogP contribution in [0, 0.1) is 17.1 Å². The standard InChI is InChI=1S/C21H16BrFN2O3/c1-2-27-21(26)18-17(14-9-8-13(22)10-16(14)23)15(11-24)20(25)28-19(18)12-6-4-3-5-7-12/h3-10,17H,2,25H2,1H3/t17-/m0/s1. The van der Waals surface area contributed by atoms with Crippen molar-refractivity contribution in [2.75, 3.05) is 6.61 Å². The molecule has 0 saturated heterocycles. The van der Waals surface area contributed by atoms with Gasteiger partial charge in [-0.15, -0.1) is 0 Å². The molecule has 0 radical (unpaired) electrons. The van der Waals surface area contributed by atoms with Crippen molar-refractivity contribution >= 4 is 27.7 Å². The van der Waals surface area contributed by atoms with Crippen molar-refractivity contribution in [1.29, 1.82) is 5.26 Å². The first-order chi connectivity index (χ1) is 13.5. The van der Waals surface area contributed by atoms with Crippen LogP contribution < -0.4 is 5.73 Å². The number of esters is 1. The van der Waals surface area contributed by atoms with Crippen LogP contribution >= 0.6 is 15.9 Å². The molecule has 0 aliphatic carbocycles. The number of rotatable bonds is 4. The van der Waals surface area contributed by atoms with Crippen LogP contribution in [0.15, 0.2) is 70.0 Å². The van der Waals surface area contributed by atoms with Gasteiger partial charge in [0.15, 0.2) is 0 Å². The Morgan fingerprint density at radius 3 is 2.64 bits per heavy atom. The summed E-state index contributed by atoms with van der Waals surface area (Å²) in [5.41, 5.74) is 6.64. The van der Waals surface area contributed by atoms with Gasteiger partial charge in [0.2, 0.25) is 5.88 Å². The molecule has 1 heterocycles. The quantitative estimate of drug-likeness (QED) is 0.710. The van der Waals surface area contributed by atoms with Crippen LogP contribution in [0.1, 0.15) is 24.0 Å². The summed E-state index contributed by atoms with van der Waals surface area (Å²) in [5, 5.41) is 9.65. The number of benzene rings is 2. The van der Waals surface area contributed by atoms with E-state index in [-0.39, 0.29) is 35.0 Å². The molecule has 1 aliphatic rings. The van der Waals surface area contributed by atoms with Crippen molar-refractivity contribution in [2.45, 2.75) is 12.8 Å². The van der Waals surface area contributed by atoms with Gasteiger partial charge in [-0.25, -0.2) is 9.18 Å². The molecule has 0 spiro atoms. The first kappa shape index (κ1) is 19.6. The Morgan fingerprint density at radius 1 is 1.32 bits per heavy atom. The van der Waals surface area contributed by atoms with E-state index in [1.165, 1.54) is 12.1 Å². The Morgan fingerprint density at radius 2 is 2.04 bits per heavy atom. The van der Waals surface area contributed by atoms with E-state index in [2.05, 4.69) is 15.9 Å². The molecule has 1 atom stereocenters. The minimum Gasteiger partial charge on any atom is -0.463 e. The van der Waals surface area contributed by atoms with Crippen molar-refractivity contribution in [1.82, 2.24) is 0 Å². The highest BCUT2D eigenvalue weighted by molar-refractivity contribution is 9.10. The Labute approximate surface area is 170 Å². The van der Waals surface area contributed by atoms with E-state index in [1.54, 1.807) is 37.3 Å². The molecule has 142 valence electrons. The largest absolute Gasteiger partial charge is 0.463 e. The van der Waals surface area contributed by atoms with Gasteiger partial charge >= 0.3 is 5.97 Å². The van der Waals surface area contributed by atoms with Crippen molar-refractivity contribution in [3.05, 3.63) is 87.0 Å². The summed E-state index contributed by atoms with van der Waals surface area (Å²) in [6, 6.07) is 15.2. The van der Waals surface area contributed by atoms with Crippen molar-refractivity contribution in [3.8, 4) is 6.07 Å². The average Bonchev–Trinajstić information content (AvgIpc) is 2.68. The van der Waals surface area contributed by atoms with E-state index >= 15 is 0 Å². The van der Waals surface area contributed by atoms with E-state index in [4.69, 9.17) is 15.2 Å². The lowest BCUT2D eigenvalue weighted by Gasteiger charge is -2.28. The summed E-state index contributed by atoms with van der Waals surface area (Å²) in [6.07, 6.45) is 0. The lowest BCUT2D eigenvalue weighted by molar-refractivity contribution is -0.138. The molecule has 0 unspecified atom stereocenters. The number of nitriles is 1. The molecule has 5 nitrogen and oxygen atoms in total. The lowest BCUT2D eigenvalue weighted by atomic mass is 9.81. The second-order valence-electron chi connectivity index (χ2n) is 5.92. The summed E-state index contributed by atoms with van der Waals surface area (Å²) in [5.74, 6) is -2.38. The third-order valence-electron chi connectivity index (χ3n) is 4.22. The second-order valence-corrected chi connectivity index (χ2v) is 6.84. The summed E-state index contributed by atoms with van der Waals surface area (Å²) in [7, 11) is 0. The van der Waals surface area contributed by atoms with Gasteiger partial charge < -0.3 is 15.2 Å². The number of carbonyl (C=O) groups is 1. The van der Waals surface area contributed by atoms with E-state index in [0.29, 0.717) is 10.0 Å².